The summed E-state index contributed by atoms with van der Waals surface area (Å²) < 4.78 is 36.9. The van der Waals surface area contributed by atoms with Crippen molar-refractivity contribution >= 4 is 0 Å². The SMILES string of the molecule is C/C=C(\C)CC(C)(C)C(F)(F)F. The highest BCUT2D eigenvalue weighted by Gasteiger charge is 2.46. The van der Waals surface area contributed by atoms with E-state index in [2.05, 4.69) is 0 Å². The van der Waals surface area contributed by atoms with Crippen molar-refractivity contribution in [2.45, 2.75) is 40.3 Å². The Morgan fingerprint density at radius 1 is 1.25 bits per heavy atom. The van der Waals surface area contributed by atoms with Crippen LogP contribution >= 0.6 is 0 Å². The van der Waals surface area contributed by atoms with Gasteiger partial charge < -0.3 is 0 Å². The van der Waals surface area contributed by atoms with E-state index in [4.69, 9.17) is 0 Å². The summed E-state index contributed by atoms with van der Waals surface area (Å²) in [6.45, 7) is 5.91. The fourth-order valence-electron chi connectivity index (χ4n) is 0.899. The molecule has 0 saturated heterocycles. The van der Waals surface area contributed by atoms with Gasteiger partial charge in [0.2, 0.25) is 0 Å². The van der Waals surface area contributed by atoms with E-state index < -0.39 is 11.6 Å². The first-order chi connectivity index (χ1) is 5.20. The minimum absolute atomic E-state index is 0.0764. The molecule has 12 heavy (non-hydrogen) atoms. The fraction of sp³-hybridized carbons (Fsp3) is 0.778. The molecule has 0 aromatic carbocycles. The van der Waals surface area contributed by atoms with Crippen LogP contribution in [0.25, 0.3) is 0 Å². The van der Waals surface area contributed by atoms with Crippen molar-refractivity contribution in [3.8, 4) is 0 Å². The smallest absolute Gasteiger partial charge is 0.171 e. The summed E-state index contributed by atoms with van der Waals surface area (Å²) in [6.07, 6.45) is -2.32. The second kappa shape index (κ2) is 3.50. The van der Waals surface area contributed by atoms with Crippen LogP contribution in [-0.2, 0) is 0 Å². The first kappa shape index (κ1) is 11.5. The molecule has 0 aliphatic heterocycles. The minimum Gasteiger partial charge on any atom is -0.171 e. The largest absolute Gasteiger partial charge is 0.394 e. The molecule has 3 heteroatoms. The predicted octanol–water partition coefficient (Wildman–Crippen LogP) is 3.93. The maximum atomic E-state index is 12.3. The van der Waals surface area contributed by atoms with Crippen LogP contribution in [-0.4, -0.2) is 6.18 Å². The minimum atomic E-state index is -4.11. The summed E-state index contributed by atoms with van der Waals surface area (Å²) in [7, 11) is 0. The van der Waals surface area contributed by atoms with Crippen LogP contribution in [0.5, 0.6) is 0 Å². The number of rotatable bonds is 2. The summed E-state index contributed by atoms with van der Waals surface area (Å²) in [5, 5.41) is 0. The Kier molecular flexibility index (Phi) is 3.36. The molecule has 0 saturated carbocycles. The summed E-state index contributed by atoms with van der Waals surface area (Å²) >= 11 is 0. The van der Waals surface area contributed by atoms with E-state index in [1.54, 1.807) is 19.9 Å². The van der Waals surface area contributed by atoms with E-state index in [-0.39, 0.29) is 6.42 Å². The van der Waals surface area contributed by atoms with Crippen LogP contribution in [0.3, 0.4) is 0 Å². The van der Waals surface area contributed by atoms with Gasteiger partial charge in [-0.15, -0.1) is 0 Å². The molecule has 0 fully saturated rings. The molecular formula is C9H15F3. The number of halogens is 3. The average molecular weight is 180 g/mol. The zero-order chi connectivity index (χ0) is 9.99. The van der Waals surface area contributed by atoms with Crippen LogP contribution in [0, 0.1) is 5.41 Å². The summed E-state index contributed by atoms with van der Waals surface area (Å²) in [6, 6.07) is 0. The first-order valence-corrected chi connectivity index (χ1v) is 3.89. The van der Waals surface area contributed by atoms with E-state index in [0.717, 1.165) is 5.57 Å². The zero-order valence-electron chi connectivity index (χ0n) is 7.92. The summed E-state index contributed by atoms with van der Waals surface area (Å²) in [4.78, 5) is 0. The highest BCUT2D eigenvalue weighted by molar-refractivity contribution is 5.01. The third-order valence-corrected chi connectivity index (χ3v) is 1.98. The number of alkyl halides is 3. The topological polar surface area (TPSA) is 0 Å². The van der Waals surface area contributed by atoms with E-state index in [0.29, 0.717) is 0 Å². The maximum Gasteiger partial charge on any atom is 0.394 e. The lowest BCUT2D eigenvalue weighted by atomic mass is 9.85. The third-order valence-electron chi connectivity index (χ3n) is 1.98. The molecular weight excluding hydrogens is 165 g/mol. The summed E-state index contributed by atoms with van der Waals surface area (Å²) in [5.74, 6) is 0. The van der Waals surface area contributed by atoms with Crippen molar-refractivity contribution in [1.82, 2.24) is 0 Å². The molecule has 0 amide bonds. The molecule has 0 spiro atoms. The standard InChI is InChI=1S/C9H15F3/c1-5-7(2)6-8(3,4)9(10,11)12/h5H,6H2,1-4H3/b7-5+. The van der Waals surface area contributed by atoms with Crippen molar-refractivity contribution < 1.29 is 13.2 Å². The van der Waals surface area contributed by atoms with Gasteiger partial charge in [0.15, 0.2) is 0 Å². The molecule has 0 atom stereocenters. The molecule has 0 bridgehead atoms. The van der Waals surface area contributed by atoms with Crippen LogP contribution in [0.1, 0.15) is 34.1 Å². The quantitative estimate of drug-likeness (QED) is 0.565. The molecule has 0 N–H and O–H groups in total. The third kappa shape index (κ3) is 2.88. The van der Waals surface area contributed by atoms with Gasteiger partial charge in [-0.25, -0.2) is 0 Å². The van der Waals surface area contributed by atoms with Crippen molar-refractivity contribution in [2.75, 3.05) is 0 Å². The predicted molar refractivity (Wildman–Crippen MR) is 43.9 cm³/mol. The second-order valence-corrected chi connectivity index (χ2v) is 3.69. The van der Waals surface area contributed by atoms with Crippen molar-refractivity contribution in [3.63, 3.8) is 0 Å². The Morgan fingerprint density at radius 2 is 1.67 bits per heavy atom. The van der Waals surface area contributed by atoms with Gasteiger partial charge in [0.05, 0.1) is 5.41 Å². The monoisotopic (exact) mass is 180 g/mol. The van der Waals surface area contributed by atoms with Gasteiger partial charge in [-0.1, -0.05) is 25.5 Å². The van der Waals surface area contributed by atoms with Gasteiger partial charge >= 0.3 is 6.18 Å². The van der Waals surface area contributed by atoms with Crippen molar-refractivity contribution in [1.29, 1.82) is 0 Å². The molecule has 0 unspecified atom stereocenters. The Hall–Kier alpha value is -0.470. The van der Waals surface area contributed by atoms with Crippen LogP contribution in [0.2, 0.25) is 0 Å². The molecule has 72 valence electrons. The molecule has 0 rings (SSSR count). The molecule has 0 aromatic heterocycles. The molecule has 0 heterocycles. The second-order valence-electron chi connectivity index (χ2n) is 3.69. The van der Waals surface area contributed by atoms with E-state index in [1.165, 1.54) is 13.8 Å². The van der Waals surface area contributed by atoms with Crippen molar-refractivity contribution in [3.05, 3.63) is 11.6 Å². The molecule has 0 nitrogen and oxygen atoms in total. The average Bonchev–Trinajstić information content (AvgIpc) is 1.84. The van der Waals surface area contributed by atoms with Gasteiger partial charge in [-0.2, -0.15) is 13.2 Å². The van der Waals surface area contributed by atoms with Gasteiger partial charge in [-0.05, 0) is 20.3 Å². The van der Waals surface area contributed by atoms with Crippen LogP contribution in [0.15, 0.2) is 11.6 Å². The van der Waals surface area contributed by atoms with E-state index >= 15 is 0 Å². The van der Waals surface area contributed by atoms with Gasteiger partial charge in [-0.3, -0.25) is 0 Å². The Morgan fingerprint density at radius 3 is 1.92 bits per heavy atom. The van der Waals surface area contributed by atoms with Gasteiger partial charge in [0.1, 0.15) is 0 Å². The van der Waals surface area contributed by atoms with Gasteiger partial charge in [0, 0.05) is 0 Å². The lowest BCUT2D eigenvalue weighted by Gasteiger charge is -2.27. The van der Waals surface area contributed by atoms with E-state index in [9.17, 15) is 13.2 Å². The molecule has 0 aromatic rings. The van der Waals surface area contributed by atoms with Crippen LogP contribution in [0.4, 0.5) is 13.2 Å². The normalized spacial score (nSPS) is 15.1. The highest BCUT2D eigenvalue weighted by Crippen LogP contribution is 2.41. The van der Waals surface area contributed by atoms with Gasteiger partial charge in [0.25, 0.3) is 0 Å². The van der Waals surface area contributed by atoms with E-state index in [1.807, 2.05) is 0 Å². The zero-order valence-corrected chi connectivity index (χ0v) is 7.92. The maximum absolute atomic E-state index is 12.3. The molecule has 0 aliphatic carbocycles. The number of allylic oxidation sites excluding steroid dienone is 2. The molecule has 0 aliphatic rings. The molecule has 0 radical (unpaired) electrons. The lowest BCUT2D eigenvalue weighted by molar-refractivity contribution is -0.210. The lowest BCUT2D eigenvalue weighted by Crippen LogP contribution is -2.32. The van der Waals surface area contributed by atoms with Crippen molar-refractivity contribution in [2.24, 2.45) is 5.41 Å². The first-order valence-electron chi connectivity index (χ1n) is 3.89. The Labute approximate surface area is 71.5 Å². The Balaban J connectivity index is 4.44. The highest BCUT2D eigenvalue weighted by atomic mass is 19.4. The van der Waals surface area contributed by atoms with Crippen LogP contribution < -0.4 is 0 Å². The summed E-state index contributed by atoms with van der Waals surface area (Å²) in [5.41, 5.74) is -0.832. The fourth-order valence-corrected chi connectivity index (χ4v) is 0.899. The number of hydrogen-bond acceptors (Lipinski definition) is 0. The Bertz CT molecular complexity index is 175. The number of hydrogen-bond donors (Lipinski definition) is 0.